The molecule has 0 aromatic heterocycles. The number of carbonyl (C=O) groups excluding carboxylic acids is 6. The Hall–Kier alpha value is -2.35. The Morgan fingerprint density at radius 2 is 1.51 bits per heavy atom. The van der Waals surface area contributed by atoms with E-state index in [1.54, 1.807) is 13.8 Å². The topological polar surface area (TPSA) is 202 Å². The van der Waals surface area contributed by atoms with E-state index in [1.165, 1.54) is 11.8 Å². The van der Waals surface area contributed by atoms with Crippen molar-refractivity contribution in [3.05, 3.63) is 0 Å². The summed E-state index contributed by atoms with van der Waals surface area (Å²) in [6, 6.07) is -0.840. The molecule has 0 spiro atoms. The second-order valence-electron chi connectivity index (χ2n) is 9.67. The molecule has 0 aliphatic rings. The predicted octanol–water partition coefficient (Wildman–Crippen LogP) is 1.65. The fourth-order valence-electron chi connectivity index (χ4n) is 3.53. The van der Waals surface area contributed by atoms with E-state index in [2.05, 4.69) is 0 Å². The second-order valence-corrected chi connectivity index (χ2v) is 10.7. The molecule has 13 heteroatoms. The van der Waals surface area contributed by atoms with Gasteiger partial charge in [0.25, 0.3) is 0 Å². The molecule has 0 aromatic carbocycles. The number of esters is 2. The summed E-state index contributed by atoms with van der Waals surface area (Å²) < 4.78 is 15.9. The second kappa shape index (κ2) is 24.3. The number of aliphatic hydroxyl groups is 1. The fraction of sp³-hybridized carbons (Fsp3) is 0.786. The third-order valence-corrected chi connectivity index (χ3v) is 7.29. The van der Waals surface area contributed by atoms with Gasteiger partial charge in [-0.15, -0.1) is 0 Å². The van der Waals surface area contributed by atoms with Crippen LogP contribution in [0.15, 0.2) is 0 Å². The highest BCUT2D eigenvalue weighted by Crippen LogP contribution is 2.16. The van der Waals surface area contributed by atoms with E-state index in [4.69, 9.17) is 25.7 Å². The first-order valence-electron chi connectivity index (χ1n) is 14.3. The van der Waals surface area contributed by atoms with Crippen molar-refractivity contribution in [3.63, 3.8) is 0 Å². The molecule has 0 bridgehead atoms. The molecule has 41 heavy (non-hydrogen) atoms. The third-order valence-electron chi connectivity index (χ3n) is 6.08. The number of aliphatic hydroxyl groups excluding tert-OH is 1. The van der Waals surface area contributed by atoms with Crippen molar-refractivity contribution in [1.82, 2.24) is 0 Å². The van der Waals surface area contributed by atoms with Crippen LogP contribution in [0.5, 0.6) is 0 Å². The lowest BCUT2D eigenvalue weighted by Crippen LogP contribution is -2.36. The van der Waals surface area contributed by atoms with Gasteiger partial charge in [0.15, 0.2) is 5.78 Å². The lowest BCUT2D eigenvalue weighted by molar-refractivity contribution is -0.148. The molecule has 236 valence electrons. The summed E-state index contributed by atoms with van der Waals surface area (Å²) in [7, 11) is 0. The minimum Gasteiger partial charge on any atom is -0.466 e. The van der Waals surface area contributed by atoms with Crippen LogP contribution < -0.4 is 11.5 Å². The Morgan fingerprint density at radius 1 is 0.805 bits per heavy atom. The molecular weight excluding hydrogens is 556 g/mol. The normalized spacial score (nSPS) is 13.2. The van der Waals surface area contributed by atoms with Gasteiger partial charge in [-0.1, -0.05) is 13.8 Å². The molecule has 5 N–H and O–H groups in total. The van der Waals surface area contributed by atoms with E-state index in [0.717, 1.165) is 0 Å². The van der Waals surface area contributed by atoms with Gasteiger partial charge in [-0.2, -0.15) is 11.8 Å². The largest absolute Gasteiger partial charge is 0.466 e. The number of ketones is 3. The Labute approximate surface area is 246 Å². The van der Waals surface area contributed by atoms with Gasteiger partial charge in [-0.3, -0.25) is 28.8 Å². The summed E-state index contributed by atoms with van der Waals surface area (Å²) in [5, 5.41) is 9.64. The van der Waals surface area contributed by atoms with Gasteiger partial charge in [0, 0.05) is 69.0 Å². The van der Waals surface area contributed by atoms with E-state index >= 15 is 0 Å². The maximum absolute atomic E-state index is 12.6. The molecule has 0 saturated heterocycles. The summed E-state index contributed by atoms with van der Waals surface area (Å²) in [6.07, 6.45) is 2.69. The maximum atomic E-state index is 12.6. The molecule has 3 unspecified atom stereocenters. The summed E-state index contributed by atoms with van der Waals surface area (Å²) in [6.45, 7) is 3.68. The molecule has 3 atom stereocenters. The Kier molecular flexibility index (Phi) is 22.9. The van der Waals surface area contributed by atoms with Gasteiger partial charge in [0.1, 0.15) is 17.7 Å². The van der Waals surface area contributed by atoms with Crippen LogP contribution in [0.1, 0.15) is 84.5 Å². The molecule has 0 aliphatic carbocycles. The van der Waals surface area contributed by atoms with E-state index < -0.39 is 24.5 Å². The first kappa shape index (κ1) is 38.6. The summed E-state index contributed by atoms with van der Waals surface area (Å²) >= 11 is 1.37. The first-order chi connectivity index (χ1) is 19.5. The molecule has 0 radical (unpaired) electrons. The zero-order valence-corrected chi connectivity index (χ0v) is 25.3. The molecule has 0 rings (SSSR count). The highest BCUT2D eigenvalue weighted by molar-refractivity contribution is 7.99. The van der Waals surface area contributed by atoms with Gasteiger partial charge < -0.3 is 30.8 Å². The number of thioether (sulfide) groups is 1. The molecule has 0 heterocycles. The number of nitrogens with two attached hydrogens (primary N) is 2. The van der Waals surface area contributed by atoms with Crippen molar-refractivity contribution in [2.45, 2.75) is 96.6 Å². The number of rotatable bonds is 27. The van der Waals surface area contributed by atoms with Crippen LogP contribution in [0.3, 0.4) is 0 Å². The minimum absolute atomic E-state index is 0.00608. The number of primary amides is 1. The van der Waals surface area contributed by atoms with Crippen molar-refractivity contribution in [2.75, 3.05) is 37.9 Å². The van der Waals surface area contributed by atoms with Crippen LogP contribution in [0, 0.1) is 5.92 Å². The fourth-order valence-corrected chi connectivity index (χ4v) is 4.60. The highest BCUT2D eigenvalue weighted by Gasteiger charge is 2.24. The van der Waals surface area contributed by atoms with Crippen molar-refractivity contribution in [3.8, 4) is 0 Å². The summed E-state index contributed by atoms with van der Waals surface area (Å²) in [4.78, 5) is 70.3. The lowest BCUT2D eigenvalue weighted by Gasteiger charge is -2.19. The van der Waals surface area contributed by atoms with Gasteiger partial charge >= 0.3 is 11.9 Å². The molecule has 12 nitrogen and oxygen atoms in total. The number of hydrogen-bond donors (Lipinski definition) is 3. The zero-order chi connectivity index (χ0) is 31.0. The van der Waals surface area contributed by atoms with Crippen LogP contribution in [0.25, 0.3) is 0 Å². The third kappa shape index (κ3) is 21.1. The average Bonchev–Trinajstić information content (AvgIpc) is 2.95. The zero-order valence-electron chi connectivity index (χ0n) is 24.4. The number of ether oxygens (including phenoxy) is 3. The summed E-state index contributed by atoms with van der Waals surface area (Å²) in [5.74, 6) is -1.98. The molecule has 0 aliphatic heterocycles. The molecule has 1 amide bonds. The van der Waals surface area contributed by atoms with Crippen molar-refractivity contribution in [1.29, 1.82) is 0 Å². The van der Waals surface area contributed by atoms with Crippen molar-refractivity contribution < 1.29 is 48.1 Å². The van der Waals surface area contributed by atoms with E-state index in [9.17, 15) is 33.9 Å². The standard InChI is InChI=1S/C28H48N2O10S/c1-3-27(36)39-14-6-5-8-22(40-28(37)4-2)18-41-19-23(29)25(34)16-20(17-31)24(33)9-7-13-38-15-12-21(32)10-11-26(30)35/h20,22-23,31H,3-19,29H2,1-2H3,(H2,30,35). The monoisotopic (exact) mass is 604 g/mol. The minimum atomic E-state index is -0.853. The van der Waals surface area contributed by atoms with E-state index in [1.807, 2.05) is 0 Å². The number of hydrogen-bond acceptors (Lipinski definition) is 12. The Bertz CT molecular complexity index is 824. The quantitative estimate of drug-likeness (QED) is 0.0905. The SMILES string of the molecule is CCC(=O)OCCCCC(CSCC(N)C(=O)CC(CO)C(=O)CCCOCCC(=O)CCC(N)=O)OC(=O)CC. The number of carbonyl (C=O) groups is 6. The van der Waals surface area contributed by atoms with Gasteiger partial charge in [-0.05, 0) is 25.7 Å². The lowest BCUT2D eigenvalue weighted by atomic mass is 9.93. The molecule has 0 aromatic rings. The van der Waals surface area contributed by atoms with Crippen LogP contribution in [-0.2, 0) is 43.0 Å². The smallest absolute Gasteiger partial charge is 0.305 e. The molecular formula is C28H48N2O10S. The average molecular weight is 605 g/mol. The van der Waals surface area contributed by atoms with E-state index in [-0.39, 0.29) is 92.9 Å². The first-order valence-corrected chi connectivity index (χ1v) is 15.4. The van der Waals surface area contributed by atoms with Crippen LogP contribution in [-0.4, -0.2) is 90.4 Å². The number of Topliss-reactive ketones (excluding diaryl/α,β-unsaturated/α-hetero) is 3. The number of unbranched alkanes of at least 4 members (excludes halogenated alkanes) is 1. The van der Waals surface area contributed by atoms with Crippen molar-refractivity contribution >= 4 is 47.0 Å². The van der Waals surface area contributed by atoms with Gasteiger partial charge in [0.05, 0.1) is 25.9 Å². The van der Waals surface area contributed by atoms with Crippen LogP contribution in [0.4, 0.5) is 0 Å². The van der Waals surface area contributed by atoms with Gasteiger partial charge in [0.2, 0.25) is 5.91 Å². The van der Waals surface area contributed by atoms with Gasteiger partial charge in [-0.25, -0.2) is 0 Å². The highest BCUT2D eigenvalue weighted by atomic mass is 32.2. The molecule has 0 fully saturated rings. The Morgan fingerprint density at radius 3 is 2.15 bits per heavy atom. The van der Waals surface area contributed by atoms with Crippen molar-refractivity contribution in [2.24, 2.45) is 17.4 Å². The maximum Gasteiger partial charge on any atom is 0.305 e. The van der Waals surface area contributed by atoms with E-state index in [0.29, 0.717) is 44.5 Å². The summed E-state index contributed by atoms with van der Waals surface area (Å²) in [5.41, 5.74) is 11.0. The van der Waals surface area contributed by atoms with Crippen LogP contribution >= 0.6 is 11.8 Å². The Balaban J connectivity index is 4.37. The molecule has 0 saturated carbocycles. The van der Waals surface area contributed by atoms with Crippen LogP contribution in [0.2, 0.25) is 0 Å². The number of amides is 1. The predicted molar refractivity (Wildman–Crippen MR) is 154 cm³/mol.